The van der Waals surface area contributed by atoms with Crippen molar-refractivity contribution in [3.8, 4) is 5.75 Å². The van der Waals surface area contributed by atoms with Crippen LogP contribution in [-0.2, 0) is 7.05 Å². The molecule has 4 aromatic rings. The highest BCUT2D eigenvalue weighted by Crippen LogP contribution is 2.33. The van der Waals surface area contributed by atoms with Gasteiger partial charge in [-0.1, -0.05) is 30.3 Å². The SMILES string of the molecule is Cn1c2ccccc2c2cc(C(=O)Nc3ccccc3N)c(O)cc21. The summed E-state index contributed by atoms with van der Waals surface area (Å²) < 4.78 is 2.00. The van der Waals surface area contributed by atoms with Crippen LogP contribution in [0, 0.1) is 0 Å². The van der Waals surface area contributed by atoms with Crippen LogP contribution in [0.2, 0.25) is 0 Å². The first-order chi connectivity index (χ1) is 12.1. The highest BCUT2D eigenvalue weighted by atomic mass is 16.3. The zero-order chi connectivity index (χ0) is 17.6. The van der Waals surface area contributed by atoms with Crippen LogP contribution in [0.15, 0.2) is 60.7 Å². The van der Waals surface area contributed by atoms with Crippen LogP contribution in [-0.4, -0.2) is 15.6 Å². The second-order valence-corrected chi connectivity index (χ2v) is 6.00. The number of aromatic hydroxyl groups is 1. The van der Waals surface area contributed by atoms with Gasteiger partial charge in [0, 0.05) is 29.4 Å². The summed E-state index contributed by atoms with van der Waals surface area (Å²) >= 11 is 0. The van der Waals surface area contributed by atoms with Gasteiger partial charge in [0.2, 0.25) is 0 Å². The van der Waals surface area contributed by atoms with Crippen LogP contribution in [0.3, 0.4) is 0 Å². The minimum absolute atomic E-state index is 0.0644. The first-order valence-electron chi connectivity index (χ1n) is 7.92. The van der Waals surface area contributed by atoms with E-state index in [4.69, 9.17) is 5.73 Å². The number of hydrogen-bond donors (Lipinski definition) is 3. The molecule has 0 radical (unpaired) electrons. The largest absolute Gasteiger partial charge is 0.507 e. The van der Waals surface area contributed by atoms with Gasteiger partial charge in [-0.25, -0.2) is 0 Å². The fraction of sp³-hybridized carbons (Fsp3) is 0.0500. The van der Waals surface area contributed by atoms with E-state index in [2.05, 4.69) is 5.32 Å². The lowest BCUT2D eigenvalue weighted by atomic mass is 10.1. The molecule has 1 aromatic heterocycles. The Morgan fingerprint density at radius 2 is 1.72 bits per heavy atom. The number of carbonyl (C=O) groups excluding carboxylic acids is 1. The van der Waals surface area contributed by atoms with E-state index in [9.17, 15) is 9.90 Å². The van der Waals surface area contributed by atoms with Gasteiger partial charge in [0.15, 0.2) is 0 Å². The predicted molar refractivity (Wildman–Crippen MR) is 101 cm³/mol. The minimum atomic E-state index is -0.398. The molecule has 1 heterocycles. The number of fused-ring (bicyclic) bond motifs is 3. The summed E-state index contributed by atoms with van der Waals surface area (Å²) in [7, 11) is 1.94. The number of para-hydroxylation sites is 3. The molecule has 0 fully saturated rings. The molecule has 4 N–H and O–H groups in total. The number of rotatable bonds is 2. The molecule has 0 saturated heterocycles. The van der Waals surface area contributed by atoms with Crippen molar-refractivity contribution in [2.45, 2.75) is 0 Å². The van der Waals surface area contributed by atoms with Crippen LogP contribution < -0.4 is 11.1 Å². The van der Waals surface area contributed by atoms with E-state index in [1.165, 1.54) is 0 Å². The number of aryl methyl sites for hydroxylation is 1. The molecule has 0 aliphatic carbocycles. The maximum absolute atomic E-state index is 12.6. The lowest BCUT2D eigenvalue weighted by Gasteiger charge is -2.09. The third-order valence-electron chi connectivity index (χ3n) is 4.48. The standard InChI is InChI=1S/C20H17N3O2/c1-23-17-9-5-2-6-12(17)13-10-14(19(24)11-18(13)23)20(25)22-16-8-4-3-7-15(16)21/h2-11,24H,21H2,1H3,(H,22,25). The van der Waals surface area contributed by atoms with E-state index < -0.39 is 5.91 Å². The van der Waals surface area contributed by atoms with Crippen LogP contribution in [0.4, 0.5) is 11.4 Å². The zero-order valence-electron chi connectivity index (χ0n) is 13.7. The van der Waals surface area contributed by atoms with Gasteiger partial charge in [-0.05, 0) is 24.3 Å². The maximum Gasteiger partial charge on any atom is 0.259 e. The van der Waals surface area contributed by atoms with E-state index in [1.807, 2.05) is 35.9 Å². The summed E-state index contributed by atoms with van der Waals surface area (Å²) in [6.07, 6.45) is 0. The molecule has 0 unspecified atom stereocenters. The number of amides is 1. The van der Waals surface area contributed by atoms with Gasteiger partial charge < -0.3 is 20.7 Å². The number of phenolic OH excluding ortho intramolecular Hbond substituents is 1. The molecule has 4 rings (SSSR count). The van der Waals surface area contributed by atoms with Crippen LogP contribution >= 0.6 is 0 Å². The van der Waals surface area contributed by atoms with E-state index >= 15 is 0 Å². The Balaban J connectivity index is 1.85. The van der Waals surface area contributed by atoms with Crippen molar-refractivity contribution in [3.63, 3.8) is 0 Å². The van der Waals surface area contributed by atoms with Gasteiger partial charge in [0.1, 0.15) is 5.75 Å². The summed E-state index contributed by atoms with van der Waals surface area (Å²) in [6.45, 7) is 0. The molecular formula is C20H17N3O2. The van der Waals surface area contributed by atoms with E-state index in [0.29, 0.717) is 11.4 Å². The van der Waals surface area contributed by atoms with Crippen molar-refractivity contribution >= 4 is 39.1 Å². The average Bonchev–Trinajstić information content (AvgIpc) is 2.89. The Hall–Kier alpha value is -3.47. The summed E-state index contributed by atoms with van der Waals surface area (Å²) in [6, 6.07) is 18.3. The van der Waals surface area contributed by atoms with Crippen LogP contribution in [0.5, 0.6) is 5.75 Å². The maximum atomic E-state index is 12.6. The first kappa shape index (κ1) is 15.1. The third kappa shape index (κ3) is 2.37. The smallest absolute Gasteiger partial charge is 0.259 e. The highest BCUT2D eigenvalue weighted by Gasteiger charge is 2.17. The molecule has 0 bridgehead atoms. The minimum Gasteiger partial charge on any atom is -0.507 e. The van der Waals surface area contributed by atoms with E-state index in [0.717, 1.165) is 21.8 Å². The number of benzene rings is 3. The van der Waals surface area contributed by atoms with Crippen molar-refractivity contribution in [1.29, 1.82) is 0 Å². The van der Waals surface area contributed by atoms with Crippen LogP contribution in [0.25, 0.3) is 21.8 Å². The van der Waals surface area contributed by atoms with Gasteiger partial charge in [0.05, 0.1) is 22.5 Å². The molecule has 25 heavy (non-hydrogen) atoms. The van der Waals surface area contributed by atoms with Gasteiger partial charge in [-0.2, -0.15) is 0 Å². The lowest BCUT2D eigenvalue weighted by molar-refractivity contribution is 0.102. The Labute approximate surface area is 144 Å². The molecule has 0 atom stereocenters. The number of nitrogens with two attached hydrogens (primary N) is 1. The van der Waals surface area contributed by atoms with Crippen molar-refractivity contribution in [1.82, 2.24) is 4.57 Å². The fourth-order valence-electron chi connectivity index (χ4n) is 3.18. The molecule has 0 spiro atoms. The molecule has 1 amide bonds. The fourth-order valence-corrected chi connectivity index (χ4v) is 3.18. The number of carbonyl (C=O) groups is 1. The molecule has 5 nitrogen and oxygen atoms in total. The molecule has 124 valence electrons. The average molecular weight is 331 g/mol. The number of nitrogens with one attached hydrogen (secondary N) is 1. The molecule has 0 saturated carbocycles. The first-order valence-corrected chi connectivity index (χ1v) is 7.92. The Kier molecular flexibility index (Phi) is 3.35. The Morgan fingerprint density at radius 3 is 2.52 bits per heavy atom. The molecular weight excluding hydrogens is 314 g/mol. The van der Waals surface area contributed by atoms with Crippen molar-refractivity contribution < 1.29 is 9.90 Å². The number of nitrogens with zero attached hydrogens (tertiary/aromatic N) is 1. The van der Waals surface area contributed by atoms with Crippen molar-refractivity contribution in [2.75, 3.05) is 11.1 Å². The monoisotopic (exact) mass is 331 g/mol. The summed E-state index contributed by atoms with van der Waals surface area (Å²) in [5.74, 6) is -0.462. The van der Waals surface area contributed by atoms with Gasteiger partial charge in [-0.3, -0.25) is 4.79 Å². The number of aromatic nitrogens is 1. The van der Waals surface area contributed by atoms with Crippen LogP contribution in [0.1, 0.15) is 10.4 Å². The van der Waals surface area contributed by atoms with E-state index in [-0.39, 0.29) is 11.3 Å². The number of anilines is 2. The van der Waals surface area contributed by atoms with Gasteiger partial charge in [0.25, 0.3) is 5.91 Å². The summed E-state index contributed by atoms with van der Waals surface area (Å²) in [5.41, 5.74) is 8.99. The number of hydrogen-bond acceptors (Lipinski definition) is 3. The molecule has 0 aliphatic rings. The van der Waals surface area contributed by atoms with Gasteiger partial charge >= 0.3 is 0 Å². The number of nitrogen functional groups attached to an aromatic ring is 1. The van der Waals surface area contributed by atoms with Crippen molar-refractivity contribution in [2.24, 2.45) is 7.05 Å². The quantitative estimate of drug-likeness (QED) is 0.488. The predicted octanol–water partition coefficient (Wildman–Crippen LogP) is 3.87. The number of phenols is 1. The topological polar surface area (TPSA) is 80.3 Å². The highest BCUT2D eigenvalue weighted by molar-refractivity contribution is 6.14. The van der Waals surface area contributed by atoms with Gasteiger partial charge in [-0.15, -0.1) is 0 Å². The summed E-state index contributed by atoms with van der Waals surface area (Å²) in [5, 5.41) is 15.1. The third-order valence-corrected chi connectivity index (χ3v) is 4.48. The van der Waals surface area contributed by atoms with E-state index in [1.54, 1.807) is 36.4 Å². The lowest BCUT2D eigenvalue weighted by Crippen LogP contribution is -2.13. The summed E-state index contributed by atoms with van der Waals surface area (Å²) in [4.78, 5) is 12.6. The molecule has 0 aliphatic heterocycles. The second kappa shape index (κ2) is 5.56. The Bertz CT molecular complexity index is 1130. The normalized spacial score (nSPS) is 11.1. The van der Waals surface area contributed by atoms with Crippen molar-refractivity contribution in [3.05, 3.63) is 66.2 Å². The zero-order valence-corrected chi connectivity index (χ0v) is 13.7. The molecule has 3 aromatic carbocycles. The second-order valence-electron chi connectivity index (χ2n) is 6.00. The molecule has 5 heteroatoms. The Morgan fingerprint density at radius 1 is 1.00 bits per heavy atom.